The van der Waals surface area contributed by atoms with Crippen LogP contribution >= 0.6 is 0 Å². The fraction of sp³-hybridized carbons (Fsp3) is 1.00. The van der Waals surface area contributed by atoms with E-state index in [1.807, 2.05) is 0 Å². The van der Waals surface area contributed by atoms with Gasteiger partial charge < -0.3 is 4.74 Å². The Morgan fingerprint density at radius 1 is 1.11 bits per heavy atom. The Morgan fingerprint density at radius 3 is 2.22 bits per heavy atom. The molecule has 0 aromatic rings. The van der Waals surface area contributed by atoms with Crippen LogP contribution in [0, 0.1) is 17.3 Å². The van der Waals surface area contributed by atoms with Crippen LogP contribution in [-0.2, 0) is 4.74 Å². The highest BCUT2D eigenvalue weighted by atomic mass is 16.5. The minimum Gasteiger partial charge on any atom is -0.378 e. The molecule has 0 spiro atoms. The van der Waals surface area contributed by atoms with Gasteiger partial charge in [0.1, 0.15) is 0 Å². The summed E-state index contributed by atoms with van der Waals surface area (Å²) in [6, 6.07) is 0. The Morgan fingerprint density at radius 2 is 1.72 bits per heavy atom. The molecule has 1 unspecified atom stereocenters. The van der Waals surface area contributed by atoms with E-state index in [2.05, 4.69) is 34.6 Å². The third-order valence-electron chi connectivity index (χ3n) is 4.21. The van der Waals surface area contributed by atoms with Crippen LogP contribution in [0.3, 0.4) is 0 Å². The fourth-order valence-corrected chi connectivity index (χ4v) is 3.89. The monoisotopic (exact) mass is 254 g/mol. The molecular weight excluding hydrogens is 220 g/mol. The van der Waals surface area contributed by atoms with Gasteiger partial charge in [-0.2, -0.15) is 0 Å². The lowest BCUT2D eigenvalue weighted by molar-refractivity contribution is -0.0670. The number of ether oxygens (including phenoxy) is 1. The summed E-state index contributed by atoms with van der Waals surface area (Å²) in [5.41, 5.74) is 0.568. The van der Waals surface area contributed by atoms with Gasteiger partial charge in [-0.05, 0) is 49.4 Å². The lowest BCUT2D eigenvalue weighted by Crippen LogP contribution is -2.37. The third kappa shape index (κ3) is 5.30. The molecule has 1 aliphatic rings. The highest BCUT2D eigenvalue weighted by molar-refractivity contribution is 4.87. The zero-order chi connectivity index (χ0) is 13.6. The van der Waals surface area contributed by atoms with Gasteiger partial charge in [-0.1, -0.05) is 47.5 Å². The maximum absolute atomic E-state index is 6.00. The van der Waals surface area contributed by atoms with Gasteiger partial charge in [-0.3, -0.25) is 0 Å². The van der Waals surface area contributed by atoms with Crippen molar-refractivity contribution in [2.45, 2.75) is 85.7 Å². The summed E-state index contributed by atoms with van der Waals surface area (Å²) in [5.74, 6) is 1.63. The van der Waals surface area contributed by atoms with Crippen LogP contribution in [0.4, 0.5) is 0 Å². The van der Waals surface area contributed by atoms with Gasteiger partial charge in [0.2, 0.25) is 0 Å². The van der Waals surface area contributed by atoms with E-state index in [1.54, 1.807) is 0 Å². The van der Waals surface area contributed by atoms with Crippen molar-refractivity contribution in [1.82, 2.24) is 0 Å². The molecule has 1 nitrogen and oxygen atoms in total. The average molecular weight is 254 g/mol. The van der Waals surface area contributed by atoms with Gasteiger partial charge in [0.25, 0.3) is 0 Å². The van der Waals surface area contributed by atoms with Crippen molar-refractivity contribution < 1.29 is 4.74 Å². The highest BCUT2D eigenvalue weighted by Crippen LogP contribution is 2.45. The van der Waals surface area contributed by atoms with Crippen LogP contribution < -0.4 is 0 Å². The standard InChI is InChI=1S/C17H34O/c1-6-7-8-16-13-17(9-10-18-16,11-14(2)3)12-15(4)5/h14-16H,6-13H2,1-5H3. The van der Waals surface area contributed by atoms with Crippen LogP contribution in [0.1, 0.15) is 79.6 Å². The summed E-state index contributed by atoms with van der Waals surface area (Å²) >= 11 is 0. The molecule has 0 aromatic carbocycles. The van der Waals surface area contributed by atoms with Gasteiger partial charge in [-0.15, -0.1) is 0 Å². The molecule has 1 fully saturated rings. The molecule has 0 N–H and O–H groups in total. The first-order valence-corrected chi connectivity index (χ1v) is 8.09. The molecular formula is C17H34O. The molecule has 0 radical (unpaired) electrons. The molecule has 1 aliphatic heterocycles. The molecule has 0 aliphatic carbocycles. The Bertz CT molecular complexity index is 210. The summed E-state index contributed by atoms with van der Waals surface area (Å²) in [6.45, 7) is 12.8. The minimum atomic E-state index is 0.538. The predicted molar refractivity (Wildman–Crippen MR) is 79.8 cm³/mol. The Hall–Kier alpha value is -0.0400. The zero-order valence-electron chi connectivity index (χ0n) is 13.3. The molecule has 0 bridgehead atoms. The molecule has 0 saturated carbocycles. The van der Waals surface area contributed by atoms with Crippen LogP contribution in [0.25, 0.3) is 0 Å². The summed E-state index contributed by atoms with van der Waals surface area (Å²) in [6.07, 6.45) is 9.79. The van der Waals surface area contributed by atoms with Gasteiger partial charge in [-0.25, -0.2) is 0 Å². The third-order valence-corrected chi connectivity index (χ3v) is 4.21. The molecule has 1 saturated heterocycles. The molecule has 18 heavy (non-hydrogen) atoms. The van der Waals surface area contributed by atoms with Crippen molar-refractivity contribution in [3.8, 4) is 0 Å². The average Bonchev–Trinajstić information content (AvgIpc) is 2.24. The largest absolute Gasteiger partial charge is 0.378 e. The van der Waals surface area contributed by atoms with E-state index in [4.69, 9.17) is 4.74 Å². The molecule has 0 amide bonds. The molecule has 1 rings (SSSR count). The quantitative estimate of drug-likeness (QED) is 0.588. The van der Waals surface area contributed by atoms with Gasteiger partial charge >= 0.3 is 0 Å². The number of hydrogen-bond acceptors (Lipinski definition) is 1. The van der Waals surface area contributed by atoms with Crippen LogP contribution in [0.15, 0.2) is 0 Å². The normalized spacial score (nSPS) is 23.8. The second-order valence-electron chi connectivity index (χ2n) is 7.29. The topological polar surface area (TPSA) is 9.23 Å². The van der Waals surface area contributed by atoms with Crippen molar-refractivity contribution >= 4 is 0 Å². The summed E-state index contributed by atoms with van der Waals surface area (Å²) in [7, 11) is 0. The lowest BCUT2D eigenvalue weighted by Gasteiger charge is -2.43. The summed E-state index contributed by atoms with van der Waals surface area (Å²) in [4.78, 5) is 0. The smallest absolute Gasteiger partial charge is 0.0580 e. The van der Waals surface area contributed by atoms with E-state index in [9.17, 15) is 0 Å². The maximum atomic E-state index is 6.00. The number of unbranched alkanes of at least 4 members (excludes halogenated alkanes) is 1. The lowest BCUT2D eigenvalue weighted by atomic mass is 9.67. The molecule has 1 heterocycles. The number of hydrogen-bond donors (Lipinski definition) is 0. The van der Waals surface area contributed by atoms with Crippen molar-refractivity contribution in [2.75, 3.05) is 6.61 Å². The van der Waals surface area contributed by atoms with Crippen molar-refractivity contribution in [3.05, 3.63) is 0 Å². The van der Waals surface area contributed by atoms with Crippen molar-refractivity contribution in [2.24, 2.45) is 17.3 Å². The second-order valence-corrected chi connectivity index (χ2v) is 7.29. The fourth-order valence-electron chi connectivity index (χ4n) is 3.89. The summed E-state index contributed by atoms with van der Waals surface area (Å²) in [5, 5.41) is 0. The van der Waals surface area contributed by atoms with Crippen LogP contribution in [-0.4, -0.2) is 12.7 Å². The van der Waals surface area contributed by atoms with E-state index in [-0.39, 0.29) is 0 Å². The van der Waals surface area contributed by atoms with Gasteiger partial charge in [0, 0.05) is 6.61 Å². The first-order chi connectivity index (χ1) is 8.47. The molecule has 0 aromatic heterocycles. The second kappa shape index (κ2) is 7.53. The van der Waals surface area contributed by atoms with Crippen LogP contribution in [0.5, 0.6) is 0 Å². The van der Waals surface area contributed by atoms with Gasteiger partial charge in [0.05, 0.1) is 6.10 Å². The first-order valence-electron chi connectivity index (χ1n) is 8.09. The SMILES string of the molecule is CCCCC1CC(CC(C)C)(CC(C)C)CCO1. The summed E-state index contributed by atoms with van der Waals surface area (Å²) < 4.78 is 6.00. The first kappa shape index (κ1) is 16.0. The molecule has 1 heteroatoms. The Labute approximate surface area is 115 Å². The van der Waals surface area contributed by atoms with E-state index in [0.29, 0.717) is 11.5 Å². The van der Waals surface area contributed by atoms with E-state index in [0.717, 1.165) is 18.4 Å². The Balaban J connectivity index is 2.63. The van der Waals surface area contributed by atoms with Crippen LogP contribution in [0.2, 0.25) is 0 Å². The molecule has 1 atom stereocenters. The number of rotatable bonds is 7. The van der Waals surface area contributed by atoms with E-state index < -0.39 is 0 Å². The highest BCUT2D eigenvalue weighted by Gasteiger charge is 2.37. The van der Waals surface area contributed by atoms with E-state index in [1.165, 1.54) is 44.9 Å². The van der Waals surface area contributed by atoms with Gasteiger partial charge in [0.15, 0.2) is 0 Å². The maximum Gasteiger partial charge on any atom is 0.0580 e. The predicted octanol–water partition coefficient (Wildman–Crippen LogP) is 5.43. The zero-order valence-corrected chi connectivity index (χ0v) is 13.3. The minimum absolute atomic E-state index is 0.538. The Kier molecular flexibility index (Phi) is 6.70. The van der Waals surface area contributed by atoms with Crippen molar-refractivity contribution in [3.63, 3.8) is 0 Å². The molecule has 108 valence electrons. The van der Waals surface area contributed by atoms with Crippen molar-refractivity contribution in [1.29, 1.82) is 0 Å². The van der Waals surface area contributed by atoms with E-state index >= 15 is 0 Å².